The van der Waals surface area contributed by atoms with E-state index < -0.39 is 43.4 Å². The highest BCUT2D eigenvalue weighted by molar-refractivity contribution is 7.90. The van der Waals surface area contributed by atoms with E-state index in [0.29, 0.717) is 36.4 Å². The Bertz CT molecular complexity index is 2450. The Morgan fingerprint density at radius 1 is 0.759 bits per heavy atom. The zero-order chi connectivity index (χ0) is 40.9. The second-order valence-electron chi connectivity index (χ2n) is 13.7. The van der Waals surface area contributed by atoms with Crippen LogP contribution in [0.1, 0.15) is 28.7 Å². The highest BCUT2D eigenvalue weighted by Crippen LogP contribution is 2.28. The van der Waals surface area contributed by atoms with Crippen molar-refractivity contribution in [1.82, 2.24) is 10.0 Å². The number of amides is 2. The van der Waals surface area contributed by atoms with Gasteiger partial charge >= 0.3 is 0 Å². The van der Waals surface area contributed by atoms with Gasteiger partial charge in [-0.15, -0.1) is 0 Å². The number of ether oxygens (including phenoxy) is 2. The molecule has 13 heteroatoms. The molecular formula is C45H44N4O8S. The molecule has 0 radical (unpaired) electrons. The summed E-state index contributed by atoms with van der Waals surface area (Å²) in [5, 5.41) is 19.8. The lowest BCUT2D eigenvalue weighted by Gasteiger charge is -2.19. The molecule has 12 nitrogen and oxygen atoms in total. The molecule has 0 aliphatic carbocycles. The van der Waals surface area contributed by atoms with Crippen molar-refractivity contribution in [1.29, 1.82) is 0 Å². The SMILES string of the molecule is Cc1ccc(CC(=O)N[C@@H](Cc2ccc(OCCOc3cccc4ccccc34)cc2)C(=O)NS(=O)(=O)c2ccc(NCCCc3ccccc3)c([N+](=O)[O-])c2)cc1. The van der Waals surface area contributed by atoms with E-state index in [9.17, 15) is 28.1 Å². The first-order chi connectivity index (χ1) is 28.0. The van der Waals surface area contributed by atoms with Crippen LogP contribution in [0.5, 0.6) is 11.5 Å². The lowest BCUT2D eigenvalue weighted by molar-refractivity contribution is -0.384. The number of nitro groups is 1. The average molecular weight is 801 g/mol. The predicted octanol–water partition coefficient (Wildman–Crippen LogP) is 7.33. The Morgan fingerprint density at radius 2 is 1.45 bits per heavy atom. The number of carbonyl (C=O) groups is 2. The van der Waals surface area contributed by atoms with E-state index in [1.165, 1.54) is 12.1 Å². The molecule has 6 rings (SSSR count). The normalized spacial score (nSPS) is 11.7. The van der Waals surface area contributed by atoms with Crippen LogP contribution in [0.25, 0.3) is 10.8 Å². The maximum atomic E-state index is 13.7. The Hall–Kier alpha value is -6.73. The number of hydrogen-bond acceptors (Lipinski definition) is 9. The Labute approximate surface area is 337 Å². The minimum atomic E-state index is -4.60. The minimum absolute atomic E-state index is 0.0452. The van der Waals surface area contributed by atoms with Crippen LogP contribution in [0.15, 0.2) is 144 Å². The fourth-order valence-electron chi connectivity index (χ4n) is 6.34. The van der Waals surface area contributed by atoms with E-state index in [-0.39, 0.29) is 25.1 Å². The summed E-state index contributed by atoms with van der Waals surface area (Å²) in [5.41, 5.74) is 3.16. The van der Waals surface area contributed by atoms with E-state index in [1.54, 1.807) is 36.4 Å². The van der Waals surface area contributed by atoms with Crippen LogP contribution in [0.3, 0.4) is 0 Å². The fourth-order valence-corrected chi connectivity index (χ4v) is 7.38. The molecule has 0 aliphatic rings. The second kappa shape index (κ2) is 19.4. The third kappa shape index (κ3) is 11.4. The number of nitro benzene ring substituents is 1. The van der Waals surface area contributed by atoms with Gasteiger partial charge in [-0.3, -0.25) is 19.7 Å². The Morgan fingerprint density at radius 3 is 2.21 bits per heavy atom. The van der Waals surface area contributed by atoms with Crippen molar-refractivity contribution in [3.8, 4) is 11.5 Å². The van der Waals surface area contributed by atoms with Crippen LogP contribution in [0.2, 0.25) is 0 Å². The van der Waals surface area contributed by atoms with Gasteiger partial charge in [0.15, 0.2) is 0 Å². The molecule has 0 heterocycles. The third-order valence-electron chi connectivity index (χ3n) is 9.37. The number of carbonyl (C=O) groups excluding carboxylic acids is 2. The van der Waals surface area contributed by atoms with Crippen LogP contribution in [0.4, 0.5) is 11.4 Å². The molecule has 3 N–H and O–H groups in total. The highest BCUT2D eigenvalue weighted by Gasteiger charge is 2.28. The van der Waals surface area contributed by atoms with Crippen molar-refractivity contribution in [3.05, 3.63) is 172 Å². The molecule has 2 amide bonds. The fraction of sp³-hybridized carbons (Fsp3) is 0.200. The summed E-state index contributed by atoms with van der Waals surface area (Å²) >= 11 is 0. The Kier molecular flexibility index (Phi) is 13.7. The maximum absolute atomic E-state index is 13.7. The van der Waals surface area contributed by atoms with E-state index in [0.717, 1.165) is 40.1 Å². The van der Waals surface area contributed by atoms with Crippen molar-refractivity contribution in [2.45, 2.75) is 43.5 Å². The number of benzene rings is 6. The first-order valence-electron chi connectivity index (χ1n) is 18.8. The molecule has 0 aromatic heterocycles. The Balaban J connectivity index is 1.10. The largest absolute Gasteiger partial charge is 0.490 e. The summed E-state index contributed by atoms with van der Waals surface area (Å²) in [6.07, 6.45) is 1.34. The summed E-state index contributed by atoms with van der Waals surface area (Å²) in [6.45, 7) is 2.91. The number of anilines is 1. The lowest BCUT2D eigenvalue weighted by atomic mass is 10.0. The van der Waals surface area contributed by atoms with E-state index >= 15 is 0 Å². The highest BCUT2D eigenvalue weighted by atomic mass is 32.2. The van der Waals surface area contributed by atoms with Crippen LogP contribution in [0, 0.1) is 17.0 Å². The van der Waals surface area contributed by atoms with E-state index in [4.69, 9.17) is 9.47 Å². The first-order valence-corrected chi connectivity index (χ1v) is 20.3. The zero-order valence-corrected chi connectivity index (χ0v) is 32.7. The molecule has 0 unspecified atom stereocenters. The number of sulfonamides is 1. The van der Waals surface area contributed by atoms with Crippen molar-refractivity contribution in [2.75, 3.05) is 25.1 Å². The van der Waals surface area contributed by atoms with Gasteiger partial charge in [0.05, 0.1) is 16.2 Å². The monoisotopic (exact) mass is 800 g/mol. The standard InChI is InChI=1S/C45H44N4O8S/c1-32-16-18-35(19-17-32)30-44(50)47-41(29-34-20-22-37(23-21-34)56-27-28-57-43-15-7-13-36-12-5-6-14-39(36)43)45(51)48-58(54,55)38-24-25-40(42(31-38)49(52)53)46-26-8-11-33-9-3-2-4-10-33/h2-7,9-10,12-25,31,41,46H,8,11,26-30H2,1H3,(H,47,50)(H,48,51)/t41-/m0/s1. The second-order valence-corrected chi connectivity index (χ2v) is 15.4. The number of nitrogens with one attached hydrogen (secondary N) is 3. The predicted molar refractivity (Wildman–Crippen MR) is 224 cm³/mol. The number of nitrogens with zero attached hydrogens (tertiary/aromatic N) is 1. The summed E-state index contributed by atoms with van der Waals surface area (Å²) < 4.78 is 40.9. The van der Waals surface area contributed by atoms with Crippen molar-refractivity contribution in [2.24, 2.45) is 0 Å². The molecule has 0 saturated carbocycles. The van der Waals surface area contributed by atoms with E-state index in [1.807, 2.05) is 96.6 Å². The first kappa shape index (κ1) is 40.9. The maximum Gasteiger partial charge on any atom is 0.293 e. The lowest BCUT2D eigenvalue weighted by Crippen LogP contribution is -2.49. The van der Waals surface area contributed by atoms with Gasteiger partial charge in [0.25, 0.3) is 21.6 Å². The van der Waals surface area contributed by atoms with E-state index in [2.05, 4.69) is 10.6 Å². The van der Waals surface area contributed by atoms with Crippen LogP contribution in [-0.2, 0) is 38.9 Å². The number of rotatable bonds is 19. The molecule has 298 valence electrons. The molecule has 0 aliphatic heterocycles. The van der Waals surface area contributed by atoms with Crippen molar-refractivity contribution in [3.63, 3.8) is 0 Å². The molecule has 0 spiro atoms. The van der Waals surface area contributed by atoms with Gasteiger partial charge in [0, 0.05) is 24.4 Å². The molecule has 0 bridgehead atoms. The molecule has 0 fully saturated rings. The van der Waals surface area contributed by atoms with Crippen LogP contribution in [-0.4, -0.2) is 51.0 Å². The topological polar surface area (TPSA) is 166 Å². The van der Waals surface area contributed by atoms with Gasteiger partial charge in [-0.2, -0.15) is 0 Å². The van der Waals surface area contributed by atoms with Crippen LogP contribution < -0.4 is 24.8 Å². The molecule has 1 atom stereocenters. The van der Waals surface area contributed by atoms with Crippen molar-refractivity contribution >= 4 is 44.0 Å². The minimum Gasteiger partial charge on any atom is -0.490 e. The van der Waals surface area contributed by atoms with Gasteiger partial charge in [0.2, 0.25) is 5.91 Å². The summed E-state index contributed by atoms with van der Waals surface area (Å²) in [5.74, 6) is -0.196. The third-order valence-corrected chi connectivity index (χ3v) is 10.7. The quantitative estimate of drug-likeness (QED) is 0.0432. The molecule has 0 saturated heterocycles. The van der Waals surface area contributed by atoms with Crippen LogP contribution >= 0.6 is 0 Å². The molecular weight excluding hydrogens is 757 g/mol. The number of fused-ring (bicyclic) bond motifs is 1. The van der Waals surface area contributed by atoms with Gasteiger partial charge in [-0.05, 0) is 72.2 Å². The van der Waals surface area contributed by atoms with Gasteiger partial charge in [-0.1, -0.05) is 109 Å². The molecule has 6 aromatic rings. The number of hydrogen-bond donors (Lipinski definition) is 3. The zero-order valence-electron chi connectivity index (χ0n) is 31.9. The smallest absolute Gasteiger partial charge is 0.293 e. The van der Waals surface area contributed by atoms with Gasteiger partial charge in [-0.25, -0.2) is 13.1 Å². The summed E-state index contributed by atoms with van der Waals surface area (Å²) in [4.78, 5) is 37.7. The summed E-state index contributed by atoms with van der Waals surface area (Å²) in [6, 6.07) is 39.9. The molecule has 58 heavy (non-hydrogen) atoms. The van der Waals surface area contributed by atoms with Gasteiger partial charge < -0.3 is 20.1 Å². The van der Waals surface area contributed by atoms with Gasteiger partial charge in [0.1, 0.15) is 36.4 Å². The average Bonchev–Trinajstić information content (AvgIpc) is 3.22. The summed E-state index contributed by atoms with van der Waals surface area (Å²) in [7, 11) is -4.60. The molecule has 6 aromatic carbocycles. The van der Waals surface area contributed by atoms with Crippen molar-refractivity contribution < 1.29 is 32.4 Å². The number of aryl methyl sites for hydroxylation is 2.